The highest BCUT2D eigenvalue weighted by atomic mass is 19.4. The average molecular weight is 344 g/mol. The minimum absolute atomic E-state index is 0.0143. The zero-order valence-corrected chi connectivity index (χ0v) is 14.1. The van der Waals surface area contributed by atoms with Gasteiger partial charge in [-0.3, -0.25) is 4.68 Å². The molecule has 1 atom stereocenters. The molecule has 0 aliphatic heterocycles. The summed E-state index contributed by atoms with van der Waals surface area (Å²) in [5.41, 5.74) is -0.802. The van der Waals surface area contributed by atoms with Crippen molar-refractivity contribution in [1.82, 2.24) is 9.78 Å². The van der Waals surface area contributed by atoms with Crippen molar-refractivity contribution in [2.45, 2.75) is 45.8 Å². The van der Waals surface area contributed by atoms with E-state index in [-0.39, 0.29) is 17.9 Å². The first-order chi connectivity index (χ1) is 11.3. The smallest absolute Gasteiger partial charge is 0.418 e. The molecule has 2 rings (SSSR count). The lowest BCUT2D eigenvalue weighted by Crippen LogP contribution is -2.16. The lowest BCUT2D eigenvalue weighted by Gasteiger charge is -2.18. The number of rotatable bonds is 7. The Kier molecular flexibility index (Phi) is 5.74. The zero-order valence-electron chi connectivity index (χ0n) is 14.1. The van der Waals surface area contributed by atoms with Crippen LogP contribution in [0.3, 0.4) is 0 Å². The average Bonchev–Trinajstić information content (AvgIpc) is 2.90. The maximum atomic E-state index is 13.5. The van der Waals surface area contributed by atoms with Crippen LogP contribution in [0.5, 0.6) is 5.75 Å². The second-order valence-electron chi connectivity index (χ2n) is 6.27. The Hall–Kier alpha value is -1.76. The standard InChI is InChI=1S/C17H23F3N2O2/c1-4-13(10-23)22-16-12(9-21-22)7-14(24-6-5-11(2)3)8-15(16)17(18,19)20/h7-9,11,13,23H,4-6,10H2,1-3H3. The van der Waals surface area contributed by atoms with E-state index in [1.165, 1.54) is 10.9 Å². The Morgan fingerprint density at radius 3 is 2.54 bits per heavy atom. The molecule has 0 spiro atoms. The maximum Gasteiger partial charge on any atom is 0.418 e. The van der Waals surface area contributed by atoms with Crippen LogP contribution in [-0.4, -0.2) is 28.1 Å². The van der Waals surface area contributed by atoms with Gasteiger partial charge in [0.25, 0.3) is 0 Å². The second kappa shape index (κ2) is 7.42. The van der Waals surface area contributed by atoms with Gasteiger partial charge in [-0.2, -0.15) is 18.3 Å². The summed E-state index contributed by atoms with van der Waals surface area (Å²) >= 11 is 0. The van der Waals surface area contributed by atoms with Crippen molar-refractivity contribution in [3.63, 3.8) is 0 Å². The molecule has 0 bridgehead atoms. The predicted molar refractivity (Wildman–Crippen MR) is 86.1 cm³/mol. The third kappa shape index (κ3) is 4.01. The summed E-state index contributed by atoms with van der Waals surface area (Å²) in [6.07, 6.45) is -1.89. The van der Waals surface area contributed by atoms with Crippen LogP contribution in [0.1, 0.15) is 45.2 Å². The predicted octanol–water partition coefficient (Wildman–Crippen LogP) is 4.42. The van der Waals surface area contributed by atoms with Crippen molar-refractivity contribution in [2.75, 3.05) is 13.2 Å². The molecule has 0 aliphatic rings. The number of hydrogen-bond acceptors (Lipinski definition) is 3. The highest BCUT2D eigenvalue weighted by Crippen LogP contribution is 2.38. The molecule has 134 valence electrons. The van der Waals surface area contributed by atoms with Crippen molar-refractivity contribution in [2.24, 2.45) is 5.92 Å². The number of ether oxygens (including phenoxy) is 1. The molecule has 1 N–H and O–H groups in total. The molecule has 0 fully saturated rings. The minimum Gasteiger partial charge on any atom is -0.494 e. The molecule has 7 heteroatoms. The molecule has 1 aromatic carbocycles. The van der Waals surface area contributed by atoms with Gasteiger partial charge < -0.3 is 9.84 Å². The van der Waals surface area contributed by atoms with Gasteiger partial charge in [0, 0.05) is 5.39 Å². The Balaban J connectivity index is 2.49. The second-order valence-corrected chi connectivity index (χ2v) is 6.27. The lowest BCUT2D eigenvalue weighted by atomic mass is 10.1. The molecule has 0 saturated heterocycles. The van der Waals surface area contributed by atoms with Crippen LogP contribution in [0, 0.1) is 5.92 Å². The van der Waals surface area contributed by atoms with Gasteiger partial charge in [-0.25, -0.2) is 0 Å². The van der Waals surface area contributed by atoms with Crippen LogP contribution in [0.25, 0.3) is 10.9 Å². The molecule has 1 aromatic heterocycles. The fourth-order valence-electron chi connectivity index (χ4n) is 2.53. The van der Waals surface area contributed by atoms with Crippen molar-refractivity contribution < 1.29 is 23.0 Å². The number of aliphatic hydroxyl groups is 1. The third-order valence-corrected chi connectivity index (χ3v) is 3.96. The highest BCUT2D eigenvalue weighted by Gasteiger charge is 2.35. The van der Waals surface area contributed by atoms with Gasteiger partial charge in [0.05, 0.1) is 36.5 Å². The number of aliphatic hydroxyl groups excluding tert-OH is 1. The van der Waals surface area contributed by atoms with E-state index < -0.39 is 17.8 Å². The first kappa shape index (κ1) is 18.6. The Labute approximate surface area is 139 Å². The van der Waals surface area contributed by atoms with E-state index in [2.05, 4.69) is 5.10 Å². The van der Waals surface area contributed by atoms with E-state index in [0.717, 1.165) is 12.5 Å². The number of benzene rings is 1. The van der Waals surface area contributed by atoms with E-state index in [1.807, 2.05) is 13.8 Å². The summed E-state index contributed by atoms with van der Waals surface area (Å²) in [6.45, 7) is 5.94. The van der Waals surface area contributed by atoms with Crippen LogP contribution in [0.4, 0.5) is 13.2 Å². The number of nitrogens with zero attached hydrogens (tertiary/aromatic N) is 2. The molecule has 2 aromatic rings. The van der Waals surface area contributed by atoms with Crippen molar-refractivity contribution in [3.8, 4) is 5.75 Å². The first-order valence-corrected chi connectivity index (χ1v) is 8.10. The van der Waals surface area contributed by atoms with E-state index in [0.29, 0.717) is 24.3 Å². The monoisotopic (exact) mass is 344 g/mol. The Morgan fingerprint density at radius 1 is 1.29 bits per heavy atom. The summed E-state index contributed by atoms with van der Waals surface area (Å²) in [4.78, 5) is 0. The molecule has 0 aliphatic carbocycles. The quantitative estimate of drug-likeness (QED) is 0.809. The maximum absolute atomic E-state index is 13.5. The highest BCUT2D eigenvalue weighted by molar-refractivity contribution is 5.84. The van der Waals surface area contributed by atoms with Gasteiger partial charge in [-0.15, -0.1) is 0 Å². The molecular formula is C17H23F3N2O2. The Morgan fingerprint density at radius 2 is 2.00 bits per heavy atom. The lowest BCUT2D eigenvalue weighted by molar-refractivity contribution is -0.136. The molecule has 4 nitrogen and oxygen atoms in total. The molecule has 0 amide bonds. The number of aromatic nitrogens is 2. The normalized spacial score (nSPS) is 13.7. The summed E-state index contributed by atoms with van der Waals surface area (Å²) in [6, 6.07) is 2.10. The summed E-state index contributed by atoms with van der Waals surface area (Å²) in [5.74, 6) is 0.598. The summed E-state index contributed by atoms with van der Waals surface area (Å²) in [7, 11) is 0. The third-order valence-electron chi connectivity index (χ3n) is 3.96. The fourth-order valence-corrected chi connectivity index (χ4v) is 2.53. The van der Waals surface area contributed by atoms with Crippen molar-refractivity contribution >= 4 is 10.9 Å². The van der Waals surface area contributed by atoms with Gasteiger partial charge in [0.1, 0.15) is 5.75 Å². The Bertz CT molecular complexity index is 676. The topological polar surface area (TPSA) is 47.3 Å². The van der Waals surface area contributed by atoms with Gasteiger partial charge in [-0.05, 0) is 30.9 Å². The zero-order chi connectivity index (χ0) is 17.9. The van der Waals surface area contributed by atoms with Gasteiger partial charge in [0.2, 0.25) is 0 Å². The van der Waals surface area contributed by atoms with E-state index in [4.69, 9.17) is 4.74 Å². The first-order valence-electron chi connectivity index (χ1n) is 8.10. The largest absolute Gasteiger partial charge is 0.494 e. The summed E-state index contributed by atoms with van der Waals surface area (Å²) < 4.78 is 47.3. The van der Waals surface area contributed by atoms with Crippen molar-refractivity contribution in [3.05, 3.63) is 23.9 Å². The molecular weight excluding hydrogens is 321 g/mol. The van der Waals surface area contributed by atoms with E-state index in [1.54, 1.807) is 13.0 Å². The van der Waals surface area contributed by atoms with Crippen LogP contribution in [0.2, 0.25) is 0 Å². The van der Waals surface area contributed by atoms with Crippen LogP contribution in [-0.2, 0) is 6.18 Å². The number of alkyl halides is 3. The molecule has 1 heterocycles. The van der Waals surface area contributed by atoms with Gasteiger partial charge >= 0.3 is 6.18 Å². The summed E-state index contributed by atoms with van der Waals surface area (Å²) in [5, 5.41) is 13.8. The molecule has 1 unspecified atom stereocenters. The van der Waals surface area contributed by atoms with Crippen LogP contribution in [0.15, 0.2) is 18.3 Å². The number of halogens is 3. The molecule has 24 heavy (non-hydrogen) atoms. The van der Waals surface area contributed by atoms with Gasteiger partial charge in [0.15, 0.2) is 0 Å². The number of fused-ring (bicyclic) bond motifs is 1. The number of hydrogen-bond donors (Lipinski definition) is 1. The van der Waals surface area contributed by atoms with Crippen molar-refractivity contribution in [1.29, 1.82) is 0 Å². The van der Waals surface area contributed by atoms with E-state index >= 15 is 0 Å². The molecule has 0 radical (unpaired) electrons. The fraction of sp³-hybridized carbons (Fsp3) is 0.588. The van der Waals surface area contributed by atoms with Crippen LogP contribution < -0.4 is 4.74 Å². The van der Waals surface area contributed by atoms with Crippen LogP contribution >= 0.6 is 0 Å². The van der Waals surface area contributed by atoms with E-state index in [9.17, 15) is 18.3 Å². The SMILES string of the molecule is CCC(CO)n1ncc2cc(OCCC(C)C)cc(C(F)(F)F)c21. The minimum atomic E-state index is -4.53. The van der Waals surface area contributed by atoms with Gasteiger partial charge in [-0.1, -0.05) is 20.8 Å². The molecule has 0 saturated carbocycles.